The molecule has 0 radical (unpaired) electrons. The van der Waals surface area contributed by atoms with E-state index in [9.17, 15) is 9.18 Å². The zero-order valence-corrected chi connectivity index (χ0v) is 16.5. The van der Waals surface area contributed by atoms with Crippen molar-refractivity contribution in [2.45, 2.75) is 18.9 Å². The number of aromatic nitrogens is 2. The summed E-state index contributed by atoms with van der Waals surface area (Å²) in [6, 6.07) is 13.6. The minimum Gasteiger partial charge on any atom is -0.354 e. The zero-order chi connectivity index (χ0) is 17.8. The molecular formula is C19H23Cl2FN4O. The van der Waals surface area contributed by atoms with Crippen molar-refractivity contribution in [1.29, 1.82) is 0 Å². The molecule has 1 amide bonds. The average Bonchev–Trinajstić information content (AvgIpc) is 2.91. The molecule has 0 fully saturated rings. The number of hydrogen-bond donors (Lipinski definition) is 2. The van der Waals surface area contributed by atoms with Crippen molar-refractivity contribution in [2.75, 3.05) is 6.54 Å². The van der Waals surface area contributed by atoms with Gasteiger partial charge < -0.3 is 15.6 Å². The Kier molecular flexibility index (Phi) is 8.69. The third-order valence-electron chi connectivity index (χ3n) is 4.22. The predicted octanol–water partition coefficient (Wildman–Crippen LogP) is 2.78. The molecule has 0 bridgehead atoms. The number of nitrogens with two attached hydrogens (primary N) is 1. The molecule has 27 heavy (non-hydrogen) atoms. The number of carbonyl (C=O) groups is 1. The number of rotatable bonds is 6. The fourth-order valence-corrected chi connectivity index (χ4v) is 2.84. The lowest BCUT2D eigenvalue weighted by atomic mass is 10.1. The number of benzene rings is 2. The van der Waals surface area contributed by atoms with Crippen LogP contribution in [0.3, 0.4) is 0 Å². The van der Waals surface area contributed by atoms with Gasteiger partial charge in [-0.15, -0.1) is 24.8 Å². The molecule has 1 heterocycles. The lowest BCUT2D eigenvalue weighted by molar-refractivity contribution is -0.122. The number of imidazole rings is 1. The number of nitrogens with zero attached hydrogens (tertiary/aromatic N) is 2. The number of aryl methyl sites for hydroxylation is 1. The van der Waals surface area contributed by atoms with E-state index in [-0.39, 0.29) is 36.5 Å². The SMILES string of the molecule is Cl.Cl.Cn1c(CCNC(=O)C(N)Cc2ccccc2)nc2cc(F)ccc21. The van der Waals surface area contributed by atoms with E-state index in [2.05, 4.69) is 10.3 Å². The Morgan fingerprint density at radius 1 is 1.22 bits per heavy atom. The van der Waals surface area contributed by atoms with Crippen molar-refractivity contribution in [1.82, 2.24) is 14.9 Å². The first-order valence-corrected chi connectivity index (χ1v) is 8.22. The molecule has 3 N–H and O–H groups in total. The largest absolute Gasteiger partial charge is 0.354 e. The first-order chi connectivity index (χ1) is 12.0. The van der Waals surface area contributed by atoms with Gasteiger partial charge in [-0.3, -0.25) is 4.79 Å². The highest BCUT2D eigenvalue weighted by atomic mass is 35.5. The number of carbonyl (C=O) groups excluding carboxylic acids is 1. The summed E-state index contributed by atoms with van der Waals surface area (Å²) < 4.78 is 15.2. The molecule has 1 atom stereocenters. The minimum atomic E-state index is -0.586. The van der Waals surface area contributed by atoms with Gasteiger partial charge in [-0.25, -0.2) is 9.37 Å². The van der Waals surface area contributed by atoms with E-state index in [0.717, 1.165) is 16.9 Å². The quantitative estimate of drug-likeness (QED) is 0.653. The van der Waals surface area contributed by atoms with Crippen LogP contribution in [0.25, 0.3) is 11.0 Å². The second-order valence-corrected chi connectivity index (χ2v) is 6.06. The van der Waals surface area contributed by atoms with Crippen LogP contribution in [-0.2, 0) is 24.7 Å². The highest BCUT2D eigenvalue weighted by molar-refractivity contribution is 5.85. The van der Waals surface area contributed by atoms with E-state index < -0.39 is 6.04 Å². The summed E-state index contributed by atoms with van der Waals surface area (Å²) >= 11 is 0. The summed E-state index contributed by atoms with van der Waals surface area (Å²) in [7, 11) is 1.88. The van der Waals surface area contributed by atoms with Crippen LogP contribution in [0.2, 0.25) is 0 Å². The van der Waals surface area contributed by atoms with Crippen LogP contribution in [0.1, 0.15) is 11.4 Å². The Bertz CT molecular complexity index is 886. The minimum absolute atomic E-state index is 0. The molecule has 0 aliphatic rings. The summed E-state index contributed by atoms with van der Waals surface area (Å²) in [6.07, 6.45) is 1.05. The molecule has 3 aromatic rings. The molecule has 0 aliphatic carbocycles. The number of nitrogens with one attached hydrogen (secondary N) is 1. The van der Waals surface area contributed by atoms with Gasteiger partial charge in [0.05, 0.1) is 17.1 Å². The maximum Gasteiger partial charge on any atom is 0.237 e. The molecule has 0 saturated carbocycles. The number of fused-ring (bicyclic) bond motifs is 1. The molecule has 1 unspecified atom stereocenters. The maximum atomic E-state index is 13.3. The van der Waals surface area contributed by atoms with Crippen LogP contribution in [0, 0.1) is 5.82 Å². The monoisotopic (exact) mass is 412 g/mol. The van der Waals surface area contributed by atoms with Crippen molar-refractivity contribution >= 4 is 41.8 Å². The predicted molar refractivity (Wildman–Crippen MR) is 110 cm³/mol. The number of hydrogen-bond acceptors (Lipinski definition) is 3. The van der Waals surface area contributed by atoms with Crippen LogP contribution in [0.15, 0.2) is 48.5 Å². The van der Waals surface area contributed by atoms with E-state index in [1.807, 2.05) is 41.9 Å². The van der Waals surface area contributed by atoms with Gasteiger partial charge in [-0.1, -0.05) is 30.3 Å². The molecule has 5 nitrogen and oxygen atoms in total. The Hall–Kier alpha value is -2.15. The highest BCUT2D eigenvalue weighted by Crippen LogP contribution is 2.16. The van der Waals surface area contributed by atoms with Gasteiger partial charge in [0.15, 0.2) is 0 Å². The molecule has 0 saturated heterocycles. The number of amides is 1. The normalized spacial score (nSPS) is 11.4. The fourth-order valence-electron chi connectivity index (χ4n) is 2.84. The van der Waals surface area contributed by atoms with E-state index in [0.29, 0.717) is 24.9 Å². The van der Waals surface area contributed by atoms with Crippen LogP contribution < -0.4 is 11.1 Å². The van der Waals surface area contributed by atoms with Gasteiger partial charge in [0, 0.05) is 26.1 Å². The standard InChI is InChI=1S/C19H21FN4O.2ClH/c1-24-17-8-7-14(20)12-16(17)23-18(24)9-10-22-19(25)15(21)11-13-5-3-2-4-6-13;;/h2-8,12,15H,9-11,21H2,1H3,(H,22,25);2*1H. The van der Waals surface area contributed by atoms with Crippen molar-refractivity contribution < 1.29 is 9.18 Å². The average molecular weight is 413 g/mol. The number of halogens is 3. The van der Waals surface area contributed by atoms with Crippen molar-refractivity contribution in [3.63, 3.8) is 0 Å². The van der Waals surface area contributed by atoms with Crippen molar-refractivity contribution in [3.8, 4) is 0 Å². The molecule has 8 heteroatoms. The summed E-state index contributed by atoms with van der Waals surface area (Å²) in [6.45, 7) is 0.432. The van der Waals surface area contributed by atoms with E-state index in [4.69, 9.17) is 5.73 Å². The summed E-state index contributed by atoms with van der Waals surface area (Å²) in [5.41, 5.74) is 8.47. The Morgan fingerprint density at radius 3 is 2.63 bits per heavy atom. The molecule has 1 aromatic heterocycles. The Balaban J connectivity index is 0.00000182. The van der Waals surface area contributed by atoms with Crippen molar-refractivity contribution in [3.05, 3.63) is 65.7 Å². The van der Waals surface area contributed by atoms with E-state index in [1.165, 1.54) is 12.1 Å². The Morgan fingerprint density at radius 2 is 1.93 bits per heavy atom. The second kappa shape index (κ2) is 10.3. The van der Waals surface area contributed by atoms with Crippen molar-refractivity contribution in [2.24, 2.45) is 12.8 Å². The lowest BCUT2D eigenvalue weighted by Gasteiger charge is -2.12. The zero-order valence-electron chi connectivity index (χ0n) is 14.9. The van der Waals surface area contributed by atoms with E-state index >= 15 is 0 Å². The van der Waals surface area contributed by atoms with Gasteiger partial charge in [-0.2, -0.15) is 0 Å². The van der Waals surface area contributed by atoms with E-state index in [1.54, 1.807) is 6.07 Å². The van der Waals surface area contributed by atoms with Crippen LogP contribution in [0.4, 0.5) is 4.39 Å². The molecular weight excluding hydrogens is 390 g/mol. The fraction of sp³-hybridized carbons (Fsp3) is 0.263. The molecule has 146 valence electrons. The lowest BCUT2D eigenvalue weighted by Crippen LogP contribution is -2.42. The molecule has 0 aliphatic heterocycles. The Labute approximate surface area is 170 Å². The van der Waals surface area contributed by atoms with Crippen LogP contribution in [0.5, 0.6) is 0 Å². The third kappa shape index (κ3) is 5.66. The molecule has 0 spiro atoms. The first-order valence-electron chi connectivity index (χ1n) is 8.22. The van der Waals surface area contributed by atoms with Gasteiger partial charge >= 0.3 is 0 Å². The molecule has 2 aromatic carbocycles. The highest BCUT2D eigenvalue weighted by Gasteiger charge is 2.14. The third-order valence-corrected chi connectivity index (χ3v) is 4.22. The van der Waals surface area contributed by atoms with Crippen LogP contribution >= 0.6 is 24.8 Å². The summed E-state index contributed by atoms with van der Waals surface area (Å²) in [5, 5.41) is 2.84. The van der Waals surface area contributed by atoms with Gasteiger partial charge in [0.25, 0.3) is 0 Å². The topological polar surface area (TPSA) is 72.9 Å². The summed E-state index contributed by atoms with van der Waals surface area (Å²) in [5.74, 6) is 0.295. The summed E-state index contributed by atoms with van der Waals surface area (Å²) in [4.78, 5) is 16.5. The van der Waals surface area contributed by atoms with Gasteiger partial charge in [0.1, 0.15) is 11.6 Å². The smallest absolute Gasteiger partial charge is 0.237 e. The van der Waals surface area contributed by atoms with Crippen LogP contribution in [-0.4, -0.2) is 28.0 Å². The first kappa shape index (κ1) is 22.9. The maximum absolute atomic E-state index is 13.3. The second-order valence-electron chi connectivity index (χ2n) is 6.06. The molecule has 3 rings (SSSR count). The van der Waals surface area contributed by atoms with Gasteiger partial charge in [0.2, 0.25) is 5.91 Å². The van der Waals surface area contributed by atoms with Gasteiger partial charge in [-0.05, 0) is 24.1 Å².